The smallest absolute Gasteiger partial charge is 0.343 e. The summed E-state index contributed by atoms with van der Waals surface area (Å²) in [6, 6.07) is 13.4. The van der Waals surface area contributed by atoms with E-state index in [9.17, 15) is 23.3 Å². The molecule has 0 aliphatic rings. The summed E-state index contributed by atoms with van der Waals surface area (Å²) < 4.78 is 37.5. The molecule has 1 heterocycles. The summed E-state index contributed by atoms with van der Waals surface area (Å²) in [5.74, 6) is -0.643. The first kappa shape index (κ1) is 26.5. The number of nitrogens with zero attached hydrogens (tertiary/aromatic N) is 3. The zero-order chi connectivity index (χ0) is 26.5. The lowest BCUT2D eigenvalue weighted by atomic mass is 10.0. The van der Waals surface area contributed by atoms with Gasteiger partial charge in [-0.05, 0) is 47.4 Å². The van der Waals surface area contributed by atoms with Crippen LogP contribution in [0.5, 0.6) is 11.5 Å². The number of hydrogen-bond acceptors (Lipinski definition) is 10. The molecule has 1 N–H and O–H groups in total. The van der Waals surface area contributed by atoms with Gasteiger partial charge in [0.2, 0.25) is 15.0 Å². The van der Waals surface area contributed by atoms with Gasteiger partial charge in [-0.1, -0.05) is 32.0 Å². The number of amides is 1. The first-order chi connectivity index (χ1) is 17.0. The van der Waals surface area contributed by atoms with Gasteiger partial charge < -0.3 is 9.47 Å². The summed E-state index contributed by atoms with van der Waals surface area (Å²) >= 11 is 0.675. The molecule has 0 spiro atoms. The quantitative estimate of drug-likeness (QED) is 0.200. The third kappa shape index (κ3) is 6.53. The molecular weight excluding hydrogens is 504 g/mol. The molecule has 0 aliphatic heterocycles. The number of rotatable bonds is 8. The van der Waals surface area contributed by atoms with Crippen molar-refractivity contribution in [2.45, 2.75) is 24.9 Å². The number of anilines is 1. The Morgan fingerprint density at radius 2 is 1.83 bits per heavy atom. The molecule has 0 bridgehead atoms. The Kier molecular flexibility index (Phi) is 8.18. The molecule has 10 nitrogen and oxygen atoms in total. The first-order valence-corrected chi connectivity index (χ1v) is 13.2. The fraction of sp³-hybridized carbons (Fsp3) is 0.208. The Morgan fingerprint density at radius 3 is 2.39 bits per heavy atom. The number of ether oxygens (including phenoxy) is 2. The van der Waals surface area contributed by atoms with Crippen LogP contribution in [0.25, 0.3) is 6.08 Å². The van der Waals surface area contributed by atoms with Crippen molar-refractivity contribution in [1.82, 2.24) is 9.36 Å². The van der Waals surface area contributed by atoms with Crippen molar-refractivity contribution in [3.8, 4) is 17.6 Å². The number of benzene rings is 2. The normalized spacial score (nSPS) is 11.6. The summed E-state index contributed by atoms with van der Waals surface area (Å²) in [6.45, 7) is 4.11. The number of carbonyl (C=O) groups excluding carboxylic acids is 2. The van der Waals surface area contributed by atoms with Crippen molar-refractivity contribution >= 4 is 44.5 Å². The van der Waals surface area contributed by atoms with Gasteiger partial charge in [0, 0.05) is 17.8 Å². The molecule has 36 heavy (non-hydrogen) atoms. The summed E-state index contributed by atoms with van der Waals surface area (Å²) in [6.07, 6.45) is 2.24. The van der Waals surface area contributed by atoms with Crippen molar-refractivity contribution in [2.24, 2.45) is 0 Å². The lowest BCUT2D eigenvalue weighted by Gasteiger charge is -2.11. The average molecular weight is 527 g/mol. The molecule has 0 fully saturated rings. The van der Waals surface area contributed by atoms with Crippen LogP contribution < -0.4 is 14.8 Å². The van der Waals surface area contributed by atoms with Gasteiger partial charge in [-0.25, -0.2) is 13.2 Å². The van der Waals surface area contributed by atoms with Crippen LogP contribution in [0.4, 0.5) is 5.13 Å². The van der Waals surface area contributed by atoms with Gasteiger partial charge in [-0.3, -0.25) is 10.1 Å². The van der Waals surface area contributed by atoms with E-state index in [2.05, 4.69) is 28.5 Å². The van der Waals surface area contributed by atoms with E-state index in [1.807, 2.05) is 12.1 Å². The van der Waals surface area contributed by atoms with Crippen molar-refractivity contribution < 1.29 is 27.5 Å². The topological polar surface area (TPSA) is 148 Å². The number of esters is 1. The number of nitrogens with one attached hydrogen (secondary N) is 1. The van der Waals surface area contributed by atoms with Gasteiger partial charge in [-0.15, -0.1) is 0 Å². The lowest BCUT2D eigenvalue weighted by Crippen LogP contribution is -2.13. The van der Waals surface area contributed by atoms with Crippen LogP contribution >= 0.6 is 11.5 Å². The van der Waals surface area contributed by atoms with Gasteiger partial charge in [0.05, 0.1) is 12.7 Å². The first-order valence-electron chi connectivity index (χ1n) is 10.5. The number of hydrogen-bond donors (Lipinski definition) is 1. The standard InChI is InChI=1S/C24H22N4O6S2/c1-14(2)16-6-8-17(9-7-16)22(30)34-19-10-5-15(12-20(19)33-3)11-18(13-25)21(29)26-23-27-24(28-35-23)36(4,31)32/h5-12,14H,1-4H3,(H,26,27,28,29)/b18-11-. The Hall–Kier alpha value is -4.08. The molecule has 0 saturated carbocycles. The van der Waals surface area contributed by atoms with Crippen LogP contribution in [0.1, 0.15) is 41.3 Å². The van der Waals surface area contributed by atoms with Crippen LogP contribution in [0.2, 0.25) is 0 Å². The van der Waals surface area contributed by atoms with E-state index in [-0.39, 0.29) is 22.2 Å². The molecule has 3 aromatic rings. The zero-order valence-electron chi connectivity index (χ0n) is 19.8. The average Bonchev–Trinajstić information content (AvgIpc) is 3.32. The monoisotopic (exact) mass is 526 g/mol. The largest absolute Gasteiger partial charge is 0.493 e. The maximum absolute atomic E-state index is 12.6. The summed E-state index contributed by atoms with van der Waals surface area (Å²) in [5, 5.41) is 11.3. The molecule has 0 atom stereocenters. The van der Waals surface area contributed by atoms with Crippen LogP contribution in [0.3, 0.4) is 0 Å². The molecule has 186 valence electrons. The number of methoxy groups -OCH3 is 1. The van der Waals surface area contributed by atoms with E-state index < -0.39 is 26.9 Å². The van der Waals surface area contributed by atoms with E-state index in [4.69, 9.17) is 9.47 Å². The minimum atomic E-state index is -3.63. The van der Waals surface area contributed by atoms with Gasteiger partial charge in [0.25, 0.3) is 11.1 Å². The van der Waals surface area contributed by atoms with Crippen molar-refractivity contribution in [1.29, 1.82) is 5.26 Å². The summed E-state index contributed by atoms with van der Waals surface area (Å²) in [7, 11) is -2.24. The van der Waals surface area contributed by atoms with Crippen molar-refractivity contribution in [2.75, 3.05) is 18.7 Å². The molecule has 12 heteroatoms. The van der Waals surface area contributed by atoms with Gasteiger partial charge >= 0.3 is 5.97 Å². The highest BCUT2D eigenvalue weighted by Crippen LogP contribution is 2.30. The molecule has 0 aliphatic carbocycles. The van der Waals surface area contributed by atoms with E-state index in [0.717, 1.165) is 11.8 Å². The number of nitriles is 1. The van der Waals surface area contributed by atoms with E-state index in [1.165, 1.54) is 25.3 Å². The Bertz CT molecular complexity index is 1470. The summed E-state index contributed by atoms with van der Waals surface area (Å²) in [4.78, 5) is 28.8. The SMILES string of the molecule is COc1cc(/C=C(/C#N)C(=O)Nc2nc(S(C)(=O)=O)ns2)ccc1OC(=O)c1ccc(C(C)C)cc1. The predicted octanol–water partition coefficient (Wildman–Crippen LogP) is 3.84. The van der Waals surface area contributed by atoms with Gasteiger partial charge in [-0.2, -0.15) is 14.6 Å². The molecular formula is C24H22N4O6S2. The lowest BCUT2D eigenvalue weighted by molar-refractivity contribution is -0.112. The fourth-order valence-corrected chi connectivity index (χ4v) is 4.35. The number of aromatic nitrogens is 2. The Balaban J connectivity index is 1.77. The van der Waals surface area contributed by atoms with Crippen LogP contribution in [-0.4, -0.2) is 43.0 Å². The molecule has 3 rings (SSSR count). The maximum atomic E-state index is 12.6. The molecule has 0 unspecified atom stereocenters. The Morgan fingerprint density at radius 1 is 1.14 bits per heavy atom. The third-order valence-corrected chi connectivity index (χ3v) is 6.43. The zero-order valence-corrected chi connectivity index (χ0v) is 21.4. The minimum absolute atomic E-state index is 0.0668. The second kappa shape index (κ2) is 11.1. The molecule has 2 aromatic carbocycles. The van der Waals surface area contributed by atoms with E-state index >= 15 is 0 Å². The van der Waals surface area contributed by atoms with Crippen LogP contribution in [0, 0.1) is 11.3 Å². The molecule has 0 radical (unpaired) electrons. The second-order valence-corrected chi connectivity index (χ2v) is 10.5. The second-order valence-electron chi connectivity index (χ2n) is 7.85. The number of sulfone groups is 1. The van der Waals surface area contributed by atoms with E-state index in [1.54, 1.807) is 24.3 Å². The maximum Gasteiger partial charge on any atom is 0.343 e. The molecule has 0 saturated heterocycles. The van der Waals surface area contributed by atoms with Crippen molar-refractivity contribution in [3.63, 3.8) is 0 Å². The fourth-order valence-electron chi connectivity index (χ4n) is 2.91. The van der Waals surface area contributed by atoms with Gasteiger partial charge in [0.15, 0.2) is 11.5 Å². The Labute approximate surface area is 212 Å². The van der Waals surface area contributed by atoms with Crippen LogP contribution in [0.15, 0.2) is 53.2 Å². The molecule has 1 amide bonds. The molecule has 1 aromatic heterocycles. The third-order valence-electron chi connectivity index (χ3n) is 4.84. The highest BCUT2D eigenvalue weighted by Gasteiger charge is 2.18. The summed E-state index contributed by atoms with van der Waals surface area (Å²) in [5.41, 5.74) is 1.63. The van der Waals surface area contributed by atoms with Crippen LogP contribution in [-0.2, 0) is 14.6 Å². The highest BCUT2D eigenvalue weighted by atomic mass is 32.2. The van der Waals surface area contributed by atoms with Gasteiger partial charge in [0.1, 0.15) is 11.6 Å². The predicted molar refractivity (Wildman–Crippen MR) is 134 cm³/mol. The van der Waals surface area contributed by atoms with E-state index in [0.29, 0.717) is 28.6 Å². The highest BCUT2D eigenvalue weighted by molar-refractivity contribution is 7.90. The van der Waals surface area contributed by atoms with Crippen molar-refractivity contribution in [3.05, 3.63) is 64.7 Å². The number of carbonyl (C=O) groups is 2. The minimum Gasteiger partial charge on any atom is -0.493 e.